The van der Waals surface area contributed by atoms with Crippen molar-refractivity contribution < 1.29 is 8.42 Å². The summed E-state index contributed by atoms with van der Waals surface area (Å²) in [6, 6.07) is 3.01. The zero-order chi connectivity index (χ0) is 15.5. The molecule has 114 valence electrons. The minimum absolute atomic E-state index is 0.210. The van der Waals surface area contributed by atoms with Gasteiger partial charge in [0.25, 0.3) is 0 Å². The first-order valence-corrected chi connectivity index (χ1v) is 8.61. The van der Waals surface area contributed by atoms with Crippen LogP contribution in [0.15, 0.2) is 17.0 Å². The standard InChI is InChI=1S/C14H23ClN2O2S/c1-5-10(3)9-17(6-2)20(18,19)12-7-11(4)14(15)13(16)8-12/h7-8,10H,5-6,9,16H2,1-4H3. The molecule has 0 heterocycles. The molecule has 2 N–H and O–H groups in total. The fraction of sp³-hybridized carbons (Fsp3) is 0.571. The van der Waals surface area contributed by atoms with E-state index in [1.54, 1.807) is 13.0 Å². The highest BCUT2D eigenvalue weighted by molar-refractivity contribution is 7.89. The van der Waals surface area contributed by atoms with Crippen LogP contribution in [0.25, 0.3) is 0 Å². The van der Waals surface area contributed by atoms with Crippen molar-refractivity contribution >= 4 is 27.3 Å². The molecule has 1 aromatic carbocycles. The molecular weight excluding hydrogens is 296 g/mol. The number of aryl methyl sites for hydroxylation is 1. The number of hydrogen-bond donors (Lipinski definition) is 1. The minimum Gasteiger partial charge on any atom is -0.397 e. The summed E-state index contributed by atoms with van der Waals surface area (Å²) >= 11 is 5.99. The predicted molar refractivity (Wildman–Crippen MR) is 84.5 cm³/mol. The fourth-order valence-corrected chi connectivity index (χ4v) is 3.73. The third kappa shape index (κ3) is 3.65. The highest BCUT2D eigenvalue weighted by atomic mass is 35.5. The zero-order valence-corrected chi connectivity index (χ0v) is 14.1. The zero-order valence-electron chi connectivity index (χ0n) is 12.5. The third-order valence-corrected chi connectivity index (χ3v) is 5.89. The van der Waals surface area contributed by atoms with Crippen molar-refractivity contribution in [2.24, 2.45) is 5.92 Å². The van der Waals surface area contributed by atoms with Gasteiger partial charge in [-0.15, -0.1) is 0 Å². The van der Waals surface area contributed by atoms with E-state index < -0.39 is 10.0 Å². The van der Waals surface area contributed by atoms with Gasteiger partial charge in [0.2, 0.25) is 10.0 Å². The Morgan fingerprint density at radius 3 is 2.40 bits per heavy atom. The summed E-state index contributed by atoms with van der Waals surface area (Å²) in [6.45, 7) is 8.63. The molecule has 0 aliphatic carbocycles. The summed E-state index contributed by atoms with van der Waals surface area (Å²) < 4.78 is 26.8. The minimum atomic E-state index is -3.52. The molecule has 0 amide bonds. The van der Waals surface area contributed by atoms with Crippen LogP contribution in [0.5, 0.6) is 0 Å². The van der Waals surface area contributed by atoms with Crippen LogP contribution in [0, 0.1) is 12.8 Å². The first-order valence-electron chi connectivity index (χ1n) is 6.79. The molecule has 0 aromatic heterocycles. The first kappa shape index (κ1) is 17.3. The average molecular weight is 319 g/mol. The first-order chi connectivity index (χ1) is 9.23. The van der Waals surface area contributed by atoms with Gasteiger partial charge in [0.1, 0.15) is 0 Å². The summed E-state index contributed by atoms with van der Waals surface area (Å²) in [5, 5.41) is 0.411. The van der Waals surface area contributed by atoms with Crippen LogP contribution in [0.3, 0.4) is 0 Å². The van der Waals surface area contributed by atoms with Crippen molar-refractivity contribution in [3.8, 4) is 0 Å². The normalized spacial score (nSPS) is 13.7. The van der Waals surface area contributed by atoms with E-state index in [2.05, 4.69) is 6.92 Å². The van der Waals surface area contributed by atoms with Crippen LogP contribution in [0.4, 0.5) is 5.69 Å². The second kappa shape index (κ2) is 6.78. The number of anilines is 1. The maximum atomic E-state index is 12.7. The number of hydrogen-bond acceptors (Lipinski definition) is 3. The van der Waals surface area contributed by atoms with Gasteiger partial charge < -0.3 is 5.73 Å². The molecule has 1 unspecified atom stereocenters. The summed E-state index contributed by atoms with van der Waals surface area (Å²) in [5.74, 6) is 0.315. The van der Waals surface area contributed by atoms with Crippen molar-refractivity contribution in [2.45, 2.75) is 39.0 Å². The van der Waals surface area contributed by atoms with E-state index in [1.165, 1.54) is 10.4 Å². The second-order valence-electron chi connectivity index (χ2n) is 5.11. The molecule has 0 spiro atoms. The number of sulfonamides is 1. The lowest BCUT2D eigenvalue weighted by atomic mass is 10.1. The van der Waals surface area contributed by atoms with Crippen LogP contribution in [-0.4, -0.2) is 25.8 Å². The molecular formula is C14H23ClN2O2S. The fourth-order valence-electron chi connectivity index (χ4n) is 1.93. The highest BCUT2D eigenvalue weighted by Crippen LogP contribution is 2.28. The number of halogens is 1. The Balaban J connectivity index is 3.21. The van der Waals surface area contributed by atoms with Gasteiger partial charge in [0.15, 0.2) is 0 Å². The molecule has 0 fully saturated rings. The quantitative estimate of drug-likeness (QED) is 0.819. The Labute approximate surface area is 127 Å². The van der Waals surface area contributed by atoms with E-state index in [1.807, 2.05) is 13.8 Å². The summed E-state index contributed by atoms with van der Waals surface area (Å²) in [7, 11) is -3.52. The van der Waals surface area contributed by atoms with Gasteiger partial charge in [-0.1, -0.05) is 38.8 Å². The van der Waals surface area contributed by atoms with Gasteiger partial charge in [-0.05, 0) is 30.5 Å². The molecule has 1 aromatic rings. The van der Waals surface area contributed by atoms with E-state index in [0.717, 1.165) is 6.42 Å². The monoisotopic (exact) mass is 318 g/mol. The maximum Gasteiger partial charge on any atom is 0.243 e. The molecule has 0 bridgehead atoms. The van der Waals surface area contributed by atoms with E-state index in [9.17, 15) is 8.42 Å². The van der Waals surface area contributed by atoms with Crippen LogP contribution in [0.2, 0.25) is 5.02 Å². The topological polar surface area (TPSA) is 63.4 Å². The molecule has 1 atom stereocenters. The Kier molecular flexibility index (Phi) is 5.86. The summed E-state index contributed by atoms with van der Waals surface area (Å²) in [6.07, 6.45) is 0.938. The average Bonchev–Trinajstić information content (AvgIpc) is 2.40. The van der Waals surface area contributed by atoms with Crippen molar-refractivity contribution in [1.29, 1.82) is 0 Å². The van der Waals surface area contributed by atoms with Crippen LogP contribution < -0.4 is 5.73 Å². The van der Waals surface area contributed by atoms with Crippen molar-refractivity contribution in [3.05, 3.63) is 22.7 Å². The molecule has 1 rings (SSSR count). The lowest BCUT2D eigenvalue weighted by molar-refractivity contribution is 0.361. The lowest BCUT2D eigenvalue weighted by Gasteiger charge is -2.24. The molecule has 6 heteroatoms. The number of nitrogens with zero attached hydrogens (tertiary/aromatic N) is 1. The lowest BCUT2D eigenvalue weighted by Crippen LogP contribution is -2.34. The van der Waals surface area contributed by atoms with Crippen LogP contribution in [-0.2, 0) is 10.0 Å². The van der Waals surface area contributed by atoms with E-state index in [4.69, 9.17) is 17.3 Å². The van der Waals surface area contributed by atoms with Gasteiger partial charge in [0.05, 0.1) is 15.6 Å². The van der Waals surface area contributed by atoms with Crippen LogP contribution >= 0.6 is 11.6 Å². The van der Waals surface area contributed by atoms with E-state index in [0.29, 0.717) is 35.3 Å². The van der Waals surface area contributed by atoms with Crippen molar-refractivity contribution in [1.82, 2.24) is 4.31 Å². The van der Waals surface area contributed by atoms with E-state index >= 15 is 0 Å². The Bertz CT molecular complexity index is 550. The molecule has 20 heavy (non-hydrogen) atoms. The number of nitrogen functional groups attached to an aromatic ring is 1. The Hall–Kier alpha value is -0.780. The maximum absolute atomic E-state index is 12.7. The highest BCUT2D eigenvalue weighted by Gasteiger charge is 2.25. The smallest absolute Gasteiger partial charge is 0.243 e. The third-order valence-electron chi connectivity index (χ3n) is 3.46. The number of benzene rings is 1. The number of rotatable bonds is 6. The molecule has 0 aliphatic heterocycles. The molecule has 4 nitrogen and oxygen atoms in total. The molecule has 0 saturated carbocycles. The van der Waals surface area contributed by atoms with Gasteiger partial charge in [-0.2, -0.15) is 4.31 Å². The Morgan fingerprint density at radius 2 is 1.95 bits per heavy atom. The van der Waals surface area contributed by atoms with Gasteiger partial charge >= 0.3 is 0 Å². The van der Waals surface area contributed by atoms with Crippen LogP contribution in [0.1, 0.15) is 32.8 Å². The second-order valence-corrected chi connectivity index (χ2v) is 7.43. The molecule has 0 aliphatic rings. The van der Waals surface area contributed by atoms with Crippen molar-refractivity contribution in [3.63, 3.8) is 0 Å². The summed E-state index contributed by atoms with van der Waals surface area (Å²) in [4.78, 5) is 0.210. The van der Waals surface area contributed by atoms with Crippen molar-refractivity contribution in [2.75, 3.05) is 18.8 Å². The SMILES string of the molecule is CCC(C)CN(CC)S(=O)(=O)c1cc(C)c(Cl)c(N)c1. The van der Waals surface area contributed by atoms with Gasteiger partial charge in [-0.3, -0.25) is 0 Å². The van der Waals surface area contributed by atoms with E-state index in [-0.39, 0.29) is 4.90 Å². The largest absolute Gasteiger partial charge is 0.397 e. The molecule has 0 saturated heterocycles. The summed E-state index contributed by atoms with van der Waals surface area (Å²) in [5.41, 5.74) is 6.74. The van der Waals surface area contributed by atoms with Gasteiger partial charge in [-0.25, -0.2) is 8.42 Å². The van der Waals surface area contributed by atoms with Gasteiger partial charge in [0, 0.05) is 13.1 Å². The molecule has 0 radical (unpaired) electrons. The predicted octanol–water partition coefficient (Wildman–Crippen LogP) is 3.29. The Morgan fingerprint density at radius 1 is 1.35 bits per heavy atom. The number of nitrogens with two attached hydrogens (primary N) is 1.